The maximum absolute atomic E-state index is 12.6. The highest BCUT2D eigenvalue weighted by Gasteiger charge is 2.30. The van der Waals surface area contributed by atoms with Gasteiger partial charge >= 0.3 is 12.1 Å². The molecule has 0 aliphatic heterocycles. The second-order valence-corrected chi connectivity index (χ2v) is 6.01. The molecule has 0 aliphatic carbocycles. The molecule has 28 heavy (non-hydrogen) atoms. The van der Waals surface area contributed by atoms with Crippen molar-refractivity contribution >= 4 is 23.1 Å². The lowest BCUT2D eigenvalue weighted by molar-refractivity contribution is -0.384. The first kappa shape index (κ1) is 20.9. The molecule has 8 nitrogen and oxygen atoms in total. The smallest absolute Gasteiger partial charge is 0.406 e. The third-order valence-electron chi connectivity index (χ3n) is 4.01. The van der Waals surface area contributed by atoms with Gasteiger partial charge in [0.1, 0.15) is 6.54 Å². The second kappa shape index (κ2) is 7.71. The fraction of sp³-hybridized carbons (Fsp3) is 0.294. The first-order valence-electron chi connectivity index (χ1n) is 7.88. The van der Waals surface area contributed by atoms with E-state index in [0.29, 0.717) is 0 Å². The van der Waals surface area contributed by atoms with Crippen molar-refractivity contribution in [3.8, 4) is 0 Å². The summed E-state index contributed by atoms with van der Waals surface area (Å²) in [5.41, 5.74) is 5.15. The molecule has 1 aromatic heterocycles. The number of aryl methyl sites for hydroxylation is 1. The van der Waals surface area contributed by atoms with E-state index in [-0.39, 0.29) is 33.9 Å². The Morgan fingerprint density at radius 2 is 1.86 bits per heavy atom. The molecule has 2 aromatic rings. The molecule has 0 bridgehead atoms. The number of Topliss-reactive ketones (excluding diaryl/α,β-unsaturated/α-hetero) is 1. The molecule has 2 N–H and O–H groups in total. The molecule has 0 aliphatic rings. The van der Waals surface area contributed by atoms with Crippen molar-refractivity contribution < 1.29 is 32.4 Å². The molecule has 150 valence electrons. The van der Waals surface area contributed by atoms with Gasteiger partial charge in [-0.3, -0.25) is 14.9 Å². The number of esters is 1. The maximum atomic E-state index is 12.6. The van der Waals surface area contributed by atoms with Crippen LogP contribution in [0.4, 0.5) is 24.5 Å². The van der Waals surface area contributed by atoms with Crippen molar-refractivity contribution in [2.24, 2.45) is 0 Å². The maximum Gasteiger partial charge on any atom is 0.406 e. The number of ketones is 1. The van der Waals surface area contributed by atoms with E-state index in [9.17, 15) is 32.9 Å². The summed E-state index contributed by atoms with van der Waals surface area (Å²) in [6, 6.07) is 4.45. The molecule has 0 saturated heterocycles. The van der Waals surface area contributed by atoms with E-state index in [1.165, 1.54) is 19.9 Å². The average Bonchev–Trinajstić information content (AvgIpc) is 2.86. The number of nitrogens with zero attached hydrogens (tertiary/aromatic N) is 2. The molecule has 0 spiro atoms. The van der Waals surface area contributed by atoms with Gasteiger partial charge in [0.2, 0.25) is 5.78 Å². The van der Waals surface area contributed by atoms with E-state index in [0.717, 1.165) is 22.8 Å². The number of nitrogens with two attached hydrogens (primary N) is 1. The minimum atomic E-state index is -4.46. The Labute approximate surface area is 156 Å². The van der Waals surface area contributed by atoms with Crippen LogP contribution in [0.15, 0.2) is 24.3 Å². The first-order chi connectivity index (χ1) is 12.9. The average molecular weight is 399 g/mol. The van der Waals surface area contributed by atoms with Gasteiger partial charge in [-0.25, -0.2) is 4.79 Å². The Morgan fingerprint density at radius 3 is 2.43 bits per heavy atom. The van der Waals surface area contributed by atoms with E-state index in [1.807, 2.05) is 0 Å². The van der Waals surface area contributed by atoms with Gasteiger partial charge in [-0.2, -0.15) is 13.2 Å². The first-order valence-corrected chi connectivity index (χ1v) is 7.88. The number of aromatic nitrogens is 1. The van der Waals surface area contributed by atoms with Gasteiger partial charge in [-0.15, -0.1) is 0 Å². The molecular weight excluding hydrogens is 383 g/mol. The van der Waals surface area contributed by atoms with Gasteiger partial charge in [0.25, 0.3) is 5.69 Å². The normalized spacial score (nSPS) is 11.3. The quantitative estimate of drug-likeness (QED) is 0.262. The Bertz CT molecular complexity index is 950. The van der Waals surface area contributed by atoms with Crippen molar-refractivity contribution in [2.75, 3.05) is 12.3 Å². The number of hydrogen-bond acceptors (Lipinski definition) is 6. The minimum absolute atomic E-state index is 0.0124. The summed E-state index contributed by atoms with van der Waals surface area (Å²) in [7, 11) is 0. The van der Waals surface area contributed by atoms with Crippen LogP contribution in [-0.2, 0) is 11.3 Å². The number of nitro groups is 1. The number of benzene rings is 1. The Balaban J connectivity index is 2.15. The van der Waals surface area contributed by atoms with Crippen molar-refractivity contribution in [1.29, 1.82) is 0 Å². The van der Waals surface area contributed by atoms with Gasteiger partial charge in [0, 0.05) is 34.8 Å². The van der Waals surface area contributed by atoms with E-state index in [2.05, 4.69) is 0 Å². The van der Waals surface area contributed by atoms with Crippen LogP contribution in [0.25, 0.3) is 0 Å². The lowest BCUT2D eigenvalue weighted by Crippen LogP contribution is -2.20. The zero-order chi connectivity index (χ0) is 21.2. The SMILES string of the molecule is Cc1cc(C(=O)COC(=O)c2cc([N+](=O)[O-])ccc2N)c(C)n1CC(F)(F)F. The Morgan fingerprint density at radius 1 is 1.21 bits per heavy atom. The van der Waals surface area contributed by atoms with Gasteiger partial charge < -0.3 is 15.0 Å². The molecule has 0 radical (unpaired) electrons. The molecule has 11 heteroatoms. The lowest BCUT2D eigenvalue weighted by atomic mass is 10.1. The predicted molar refractivity (Wildman–Crippen MR) is 92.1 cm³/mol. The number of alkyl halides is 3. The van der Waals surface area contributed by atoms with Crippen molar-refractivity contribution in [3.63, 3.8) is 0 Å². The van der Waals surface area contributed by atoms with Crippen LogP contribution in [0.1, 0.15) is 32.1 Å². The third-order valence-corrected chi connectivity index (χ3v) is 4.01. The van der Waals surface area contributed by atoms with Crippen LogP contribution < -0.4 is 5.73 Å². The van der Waals surface area contributed by atoms with Crippen LogP contribution in [0, 0.1) is 24.0 Å². The zero-order valence-corrected chi connectivity index (χ0v) is 14.9. The van der Waals surface area contributed by atoms with Gasteiger partial charge in [0.15, 0.2) is 6.61 Å². The van der Waals surface area contributed by atoms with Gasteiger partial charge in [-0.05, 0) is 26.0 Å². The molecule has 1 heterocycles. The summed E-state index contributed by atoms with van der Waals surface area (Å²) in [5, 5.41) is 10.8. The second-order valence-electron chi connectivity index (χ2n) is 6.01. The number of nitro benzene ring substituents is 1. The predicted octanol–water partition coefficient (Wildman–Crippen LogP) is 3.20. The van der Waals surface area contributed by atoms with E-state index < -0.39 is 36.0 Å². The van der Waals surface area contributed by atoms with Gasteiger partial charge in [0.05, 0.1) is 10.5 Å². The highest BCUT2D eigenvalue weighted by Crippen LogP contribution is 2.24. The molecule has 2 rings (SSSR count). The number of anilines is 1. The highest BCUT2D eigenvalue weighted by molar-refractivity contribution is 6.01. The summed E-state index contributed by atoms with van der Waals surface area (Å²) in [4.78, 5) is 34.4. The summed E-state index contributed by atoms with van der Waals surface area (Å²) in [5.74, 6) is -1.77. The summed E-state index contributed by atoms with van der Waals surface area (Å²) >= 11 is 0. The van der Waals surface area contributed by atoms with Crippen LogP contribution in [0.5, 0.6) is 0 Å². The van der Waals surface area contributed by atoms with E-state index >= 15 is 0 Å². The number of carbonyl (C=O) groups excluding carboxylic acids is 2. The molecule has 0 amide bonds. The van der Waals surface area contributed by atoms with Crippen molar-refractivity contribution in [2.45, 2.75) is 26.6 Å². The molecule has 0 atom stereocenters. The molecule has 1 aromatic carbocycles. The highest BCUT2D eigenvalue weighted by atomic mass is 19.4. The molecule has 0 unspecified atom stereocenters. The fourth-order valence-corrected chi connectivity index (χ4v) is 2.63. The van der Waals surface area contributed by atoms with Crippen molar-refractivity contribution in [3.05, 3.63) is 56.9 Å². The molecule has 0 fully saturated rings. The van der Waals surface area contributed by atoms with Crippen LogP contribution >= 0.6 is 0 Å². The zero-order valence-electron chi connectivity index (χ0n) is 14.9. The topological polar surface area (TPSA) is 117 Å². The van der Waals surface area contributed by atoms with Gasteiger partial charge in [-0.1, -0.05) is 0 Å². The number of hydrogen-bond donors (Lipinski definition) is 1. The van der Waals surface area contributed by atoms with E-state index in [4.69, 9.17) is 10.5 Å². The van der Waals surface area contributed by atoms with Crippen LogP contribution in [-0.4, -0.2) is 34.0 Å². The Kier molecular flexibility index (Phi) is 5.76. The van der Waals surface area contributed by atoms with Crippen LogP contribution in [0.3, 0.4) is 0 Å². The fourth-order valence-electron chi connectivity index (χ4n) is 2.63. The number of carbonyl (C=O) groups is 2. The summed E-state index contributed by atoms with van der Waals surface area (Å²) in [6.07, 6.45) is -4.46. The third kappa shape index (κ3) is 4.67. The molecule has 0 saturated carbocycles. The Hall–Kier alpha value is -3.37. The molecular formula is C17H16F3N3O5. The minimum Gasteiger partial charge on any atom is -0.454 e. The van der Waals surface area contributed by atoms with E-state index in [1.54, 1.807) is 0 Å². The number of rotatable bonds is 6. The number of halogens is 3. The standard InChI is InChI=1S/C17H16F3N3O5/c1-9-5-12(10(2)22(9)8-17(18,19)20)15(24)7-28-16(25)13-6-11(23(26)27)3-4-14(13)21/h3-6H,7-8,21H2,1-2H3. The van der Waals surface area contributed by atoms with Crippen LogP contribution in [0.2, 0.25) is 0 Å². The summed E-state index contributed by atoms with van der Waals surface area (Å²) < 4.78 is 43.7. The van der Waals surface area contributed by atoms with Crippen molar-refractivity contribution in [1.82, 2.24) is 4.57 Å². The monoisotopic (exact) mass is 399 g/mol. The lowest BCUT2D eigenvalue weighted by Gasteiger charge is -2.12. The largest absolute Gasteiger partial charge is 0.454 e. The number of nitrogen functional groups attached to an aromatic ring is 1. The number of non-ortho nitro benzene ring substituents is 1. The number of ether oxygens (including phenoxy) is 1. The summed E-state index contributed by atoms with van der Waals surface area (Å²) in [6.45, 7) is 0.775.